The van der Waals surface area contributed by atoms with Gasteiger partial charge in [-0.2, -0.15) is 0 Å². The summed E-state index contributed by atoms with van der Waals surface area (Å²) < 4.78 is 5.34. The second-order valence-corrected chi connectivity index (χ2v) is 4.78. The van der Waals surface area contributed by atoms with Gasteiger partial charge >= 0.3 is 6.41 Å². The molecule has 91 valence electrons. The topological polar surface area (TPSA) is 41.6 Å². The number of carbonyl (C=O) groups excluding carboxylic acids is 1. The van der Waals surface area contributed by atoms with Gasteiger partial charge in [0.05, 0.1) is 0 Å². The maximum absolute atomic E-state index is 11.0. The Morgan fingerprint density at radius 1 is 1.31 bits per heavy atom. The van der Waals surface area contributed by atoms with Crippen molar-refractivity contribution in [1.29, 1.82) is 0 Å². The van der Waals surface area contributed by atoms with Gasteiger partial charge in [-0.1, -0.05) is 0 Å². The van der Waals surface area contributed by atoms with Crippen molar-refractivity contribution in [2.24, 2.45) is 5.92 Å². The summed E-state index contributed by atoms with van der Waals surface area (Å²) in [5.74, 6) is 0.651. The van der Waals surface area contributed by atoms with E-state index < -0.39 is 0 Å². The van der Waals surface area contributed by atoms with E-state index in [4.69, 9.17) is 4.74 Å². The first kappa shape index (κ1) is 11.9. The van der Waals surface area contributed by atoms with E-state index in [1.807, 2.05) is 4.90 Å². The number of hydrogen-bond acceptors (Lipinski definition) is 3. The van der Waals surface area contributed by atoms with Gasteiger partial charge in [0, 0.05) is 25.8 Å². The Hall–Kier alpha value is -0.610. The molecule has 2 fully saturated rings. The number of hydrogen-bond donors (Lipinski definition) is 1. The number of nitrogens with one attached hydrogen (secondary N) is 1. The standard InChI is InChI=1S/C12H21N2O2/c15-10-14(12-1-5-13-6-2-12)7-3-11-4-8-16-9-11/h11-13H,1-9H2. The Bertz CT molecular complexity index is 211. The Kier molecular flexibility index (Phi) is 4.60. The van der Waals surface area contributed by atoms with Gasteiger partial charge in [0.25, 0.3) is 0 Å². The Morgan fingerprint density at radius 2 is 2.12 bits per heavy atom. The van der Waals surface area contributed by atoms with Crippen molar-refractivity contribution in [3.8, 4) is 0 Å². The third-order valence-electron chi connectivity index (χ3n) is 3.67. The zero-order valence-electron chi connectivity index (χ0n) is 9.78. The molecule has 0 aromatic carbocycles. The largest absolute Gasteiger partial charge is 0.381 e. The highest BCUT2D eigenvalue weighted by Gasteiger charge is 2.22. The molecule has 0 aliphatic carbocycles. The maximum Gasteiger partial charge on any atom is 0.312 e. The van der Waals surface area contributed by atoms with E-state index in [1.165, 1.54) is 0 Å². The monoisotopic (exact) mass is 225 g/mol. The van der Waals surface area contributed by atoms with Crippen molar-refractivity contribution in [3.63, 3.8) is 0 Å². The third-order valence-corrected chi connectivity index (χ3v) is 3.67. The molecule has 0 bridgehead atoms. The quantitative estimate of drug-likeness (QED) is 0.694. The summed E-state index contributed by atoms with van der Waals surface area (Å²) in [6.07, 6.45) is 6.46. The molecule has 1 unspecified atom stereocenters. The van der Waals surface area contributed by atoms with Crippen LogP contribution in [0.25, 0.3) is 0 Å². The van der Waals surface area contributed by atoms with Crippen LogP contribution in [0.3, 0.4) is 0 Å². The number of rotatable bonds is 5. The van der Waals surface area contributed by atoms with Gasteiger partial charge in [0.15, 0.2) is 0 Å². The summed E-state index contributed by atoms with van der Waals surface area (Å²) in [6, 6.07) is 0.404. The second-order valence-electron chi connectivity index (χ2n) is 4.78. The van der Waals surface area contributed by atoms with Crippen LogP contribution in [-0.2, 0) is 9.53 Å². The van der Waals surface area contributed by atoms with Gasteiger partial charge in [-0.15, -0.1) is 0 Å². The van der Waals surface area contributed by atoms with Gasteiger partial charge in [0.2, 0.25) is 0 Å². The molecule has 1 amide bonds. The fourth-order valence-corrected chi connectivity index (χ4v) is 2.55. The molecule has 1 atom stereocenters. The molecule has 4 heteroatoms. The van der Waals surface area contributed by atoms with E-state index in [-0.39, 0.29) is 0 Å². The van der Waals surface area contributed by atoms with Gasteiger partial charge in [0.1, 0.15) is 0 Å². The molecule has 2 aliphatic heterocycles. The van der Waals surface area contributed by atoms with Crippen LogP contribution in [0.2, 0.25) is 0 Å². The van der Waals surface area contributed by atoms with E-state index in [0.717, 1.165) is 58.5 Å². The SMILES string of the molecule is O=[C]N(CCC1CCOC1)C1CCNCC1. The number of amides is 1. The second kappa shape index (κ2) is 6.21. The van der Waals surface area contributed by atoms with Crippen LogP contribution in [0.15, 0.2) is 0 Å². The first-order valence-electron chi connectivity index (χ1n) is 6.33. The minimum Gasteiger partial charge on any atom is -0.381 e. The average molecular weight is 225 g/mol. The molecule has 4 nitrogen and oxygen atoms in total. The Labute approximate surface area is 97.3 Å². The summed E-state index contributed by atoms with van der Waals surface area (Å²) in [6.45, 7) is 4.66. The lowest BCUT2D eigenvalue weighted by Gasteiger charge is -2.31. The molecule has 0 aromatic rings. The summed E-state index contributed by atoms with van der Waals surface area (Å²) in [5, 5.41) is 3.31. The van der Waals surface area contributed by atoms with Crippen molar-refractivity contribution in [2.45, 2.75) is 31.7 Å². The lowest BCUT2D eigenvalue weighted by atomic mass is 10.0. The fraction of sp³-hybridized carbons (Fsp3) is 0.917. The highest BCUT2D eigenvalue weighted by atomic mass is 16.5. The molecule has 0 spiro atoms. The predicted octanol–water partition coefficient (Wildman–Crippen LogP) is 0.534. The summed E-state index contributed by atoms with van der Waals surface area (Å²) in [4.78, 5) is 12.8. The Balaban J connectivity index is 1.73. The van der Waals surface area contributed by atoms with Gasteiger partial charge < -0.3 is 15.0 Å². The van der Waals surface area contributed by atoms with Crippen LogP contribution in [0.5, 0.6) is 0 Å². The maximum atomic E-state index is 11.0. The number of ether oxygens (including phenoxy) is 1. The first-order valence-corrected chi connectivity index (χ1v) is 6.33. The minimum atomic E-state index is 0.404. The fourth-order valence-electron chi connectivity index (χ4n) is 2.55. The zero-order chi connectivity index (χ0) is 11.2. The lowest BCUT2D eigenvalue weighted by molar-refractivity contribution is 0.177. The van der Waals surface area contributed by atoms with Crippen LogP contribution in [0.1, 0.15) is 25.7 Å². The smallest absolute Gasteiger partial charge is 0.312 e. The van der Waals surface area contributed by atoms with Crippen molar-refractivity contribution in [2.75, 3.05) is 32.8 Å². The van der Waals surface area contributed by atoms with Crippen LogP contribution >= 0.6 is 0 Å². The van der Waals surface area contributed by atoms with E-state index in [2.05, 4.69) is 11.7 Å². The van der Waals surface area contributed by atoms with Crippen molar-refractivity contribution in [3.05, 3.63) is 0 Å². The number of piperidine rings is 1. The van der Waals surface area contributed by atoms with Crippen molar-refractivity contribution >= 4 is 6.41 Å². The number of nitrogens with zero attached hydrogens (tertiary/aromatic N) is 1. The lowest BCUT2D eigenvalue weighted by Crippen LogP contribution is -2.43. The van der Waals surface area contributed by atoms with Crippen LogP contribution in [-0.4, -0.2) is 50.2 Å². The van der Waals surface area contributed by atoms with E-state index in [9.17, 15) is 4.79 Å². The van der Waals surface area contributed by atoms with E-state index in [0.29, 0.717) is 12.0 Å². The zero-order valence-corrected chi connectivity index (χ0v) is 9.78. The molecule has 1 radical (unpaired) electrons. The summed E-state index contributed by atoms with van der Waals surface area (Å²) >= 11 is 0. The highest BCUT2D eigenvalue weighted by Crippen LogP contribution is 2.18. The molecule has 0 saturated carbocycles. The van der Waals surface area contributed by atoms with Gasteiger partial charge in [-0.05, 0) is 44.7 Å². The van der Waals surface area contributed by atoms with Gasteiger partial charge in [-0.3, -0.25) is 4.79 Å². The van der Waals surface area contributed by atoms with Crippen molar-refractivity contribution in [1.82, 2.24) is 10.2 Å². The van der Waals surface area contributed by atoms with E-state index >= 15 is 0 Å². The average Bonchev–Trinajstić information content (AvgIpc) is 2.84. The minimum absolute atomic E-state index is 0.404. The molecule has 1 N–H and O–H groups in total. The molecule has 0 aromatic heterocycles. The molecule has 16 heavy (non-hydrogen) atoms. The van der Waals surface area contributed by atoms with Crippen LogP contribution in [0, 0.1) is 5.92 Å². The van der Waals surface area contributed by atoms with Crippen LogP contribution in [0.4, 0.5) is 0 Å². The van der Waals surface area contributed by atoms with E-state index in [1.54, 1.807) is 0 Å². The highest BCUT2D eigenvalue weighted by molar-refractivity contribution is 5.48. The predicted molar refractivity (Wildman–Crippen MR) is 61.8 cm³/mol. The first-order chi connectivity index (χ1) is 7.90. The normalized spacial score (nSPS) is 26.9. The summed E-state index contributed by atoms with van der Waals surface area (Å²) in [7, 11) is 0. The molecule has 2 heterocycles. The third kappa shape index (κ3) is 3.19. The summed E-state index contributed by atoms with van der Waals surface area (Å²) in [5.41, 5.74) is 0. The van der Waals surface area contributed by atoms with Gasteiger partial charge in [-0.25, -0.2) is 0 Å². The van der Waals surface area contributed by atoms with Crippen LogP contribution < -0.4 is 5.32 Å². The Morgan fingerprint density at radius 3 is 2.75 bits per heavy atom. The van der Waals surface area contributed by atoms with Crippen molar-refractivity contribution < 1.29 is 9.53 Å². The molecular weight excluding hydrogens is 204 g/mol. The molecular formula is C12H21N2O2. The molecule has 2 aliphatic rings. The molecule has 2 saturated heterocycles. The molecule has 2 rings (SSSR count).